The van der Waals surface area contributed by atoms with Gasteiger partial charge in [-0.3, -0.25) is 0 Å². The van der Waals surface area contributed by atoms with Crippen molar-refractivity contribution in [2.75, 3.05) is 14.2 Å². The lowest BCUT2D eigenvalue weighted by molar-refractivity contribution is 0.289. The Morgan fingerprint density at radius 2 is 2.20 bits per heavy atom. The molecule has 1 aromatic heterocycles. The molecule has 2 rings (SSSR count). The van der Waals surface area contributed by atoms with Crippen LogP contribution in [0.15, 0.2) is 30.7 Å². The van der Waals surface area contributed by atoms with Gasteiger partial charge in [0.25, 0.3) is 0 Å². The number of aromatic nitrogens is 2. The molecule has 1 aromatic carbocycles. The number of imidazole rings is 1. The number of rotatable bonds is 6. The minimum absolute atomic E-state index is 0.211. The van der Waals surface area contributed by atoms with Gasteiger partial charge in [0.2, 0.25) is 0 Å². The predicted molar refractivity (Wildman–Crippen MR) is 78.0 cm³/mol. The molecule has 0 saturated heterocycles. The molecule has 1 unspecified atom stereocenters. The normalized spacial score (nSPS) is 12.2. The van der Waals surface area contributed by atoms with Crippen molar-refractivity contribution in [3.63, 3.8) is 0 Å². The zero-order valence-electron chi connectivity index (χ0n) is 12.4. The Kier molecular flexibility index (Phi) is 4.63. The van der Waals surface area contributed by atoms with Crippen LogP contribution in [0.5, 0.6) is 11.5 Å². The van der Waals surface area contributed by atoms with Crippen LogP contribution in [0.3, 0.4) is 0 Å². The van der Waals surface area contributed by atoms with Crippen LogP contribution < -0.4 is 14.8 Å². The zero-order chi connectivity index (χ0) is 14.5. The number of hydrogen-bond donors (Lipinski definition) is 1. The second kappa shape index (κ2) is 6.43. The molecule has 0 aliphatic rings. The summed E-state index contributed by atoms with van der Waals surface area (Å²) in [6, 6.07) is 6.10. The number of ether oxygens (including phenoxy) is 2. The first-order valence-corrected chi connectivity index (χ1v) is 6.59. The van der Waals surface area contributed by atoms with Gasteiger partial charge in [0, 0.05) is 24.7 Å². The maximum Gasteiger partial charge on any atom is 0.130 e. The highest BCUT2D eigenvalue weighted by molar-refractivity contribution is 5.42. The molecule has 108 valence electrons. The summed E-state index contributed by atoms with van der Waals surface area (Å²) in [6.07, 6.45) is 3.57. The lowest BCUT2D eigenvalue weighted by Crippen LogP contribution is -2.14. The largest absolute Gasteiger partial charge is 0.497 e. The van der Waals surface area contributed by atoms with E-state index in [0.29, 0.717) is 6.61 Å². The molecule has 0 amide bonds. The van der Waals surface area contributed by atoms with Crippen LogP contribution in [-0.4, -0.2) is 23.7 Å². The minimum atomic E-state index is 0.211. The van der Waals surface area contributed by atoms with E-state index in [1.165, 1.54) is 0 Å². The second-order valence-corrected chi connectivity index (χ2v) is 4.70. The SMILES string of the molecule is CNC(C)c1ccc(OC)cc1OCc1cncn1C. The summed E-state index contributed by atoms with van der Waals surface area (Å²) in [5.74, 6) is 1.62. The monoisotopic (exact) mass is 275 g/mol. The van der Waals surface area contributed by atoms with Gasteiger partial charge in [-0.05, 0) is 20.0 Å². The van der Waals surface area contributed by atoms with Crippen molar-refractivity contribution >= 4 is 0 Å². The zero-order valence-corrected chi connectivity index (χ0v) is 12.4. The highest BCUT2D eigenvalue weighted by atomic mass is 16.5. The molecular formula is C15H21N3O2. The maximum atomic E-state index is 5.95. The first kappa shape index (κ1) is 14.4. The van der Waals surface area contributed by atoms with Crippen molar-refractivity contribution in [2.24, 2.45) is 7.05 Å². The lowest BCUT2D eigenvalue weighted by Gasteiger charge is -2.17. The van der Waals surface area contributed by atoms with Crippen molar-refractivity contribution in [3.8, 4) is 11.5 Å². The fourth-order valence-electron chi connectivity index (χ4n) is 1.96. The summed E-state index contributed by atoms with van der Waals surface area (Å²) in [5.41, 5.74) is 2.13. The van der Waals surface area contributed by atoms with Crippen molar-refractivity contribution in [1.82, 2.24) is 14.9 Å². The third kappa shape index (κ3) is 3.11. The van der Waals surface area contributed by atoms with Gasteiger partial charge in [-0.2, -0.15) is 0 Å². The molecule has 0 aliphatic heterocycles. The van der Waals surface area contributed by atoms with Crippen molar-refractivity contribution in [3.05, 3.63) is 42.0 Å². The topological polar surface area (TPSA) is 48.3 Å². The molecule has 20 heavy (non-hydrogen) atoms. The first-order valence-electron chi connectivity index (χ1n) is 6.59. The van der Waals surface area contributed by atoms with Crippen LogP contribution in [0, 0.1) is 0 Å². The molecule has 5 nitrogen and oxygen atoms in total. The van der Waals surface area contributed by atoms with E-state index in [9.17, 15) is 0 Å². The van der Waals surface area contributed by atoms with E-state index in [1.807, 2.05) is 36.9 Å². The maximum absolute atomic E-state index is 5.95. The van der Waals surface area contributed by atoms with Crippen LogP contribution in [-0.2, 0) is 13.7 Å². The van der Waals surface area contributed by atoms with Crippen molar-refractivity contribution in [2.45, 2.75) is 19.6 Å². The van der Waals surface area contributed by atoms with E-state index in [0.717, 1.165) is 22.8 Å². The van der Waals surface area contributed by atoms with Crippen LogP contribution in [0.25, 0.3) is 0 Å². The molecular weight excluding hydrogens is 254 g/mol. The van der Waals surface area contributed by atoms with E-state index in [4.69, 9.17) is 9.47 Å². The van der Waals surface area contributed by atoms with Gasteiger partial charge in [0.1, 0.15) is 18.1 Å². The second-order valence-electron chi connectivity index (χ2n) is 4.70. The molecule has 0 fully saturated rings. The molecule has 0 spiro atoms. The van der Waals surface area contributed by atoms with Crippen LogP contribution in [0.4, 0.5) is 0 Å². The van der Waals surface area contributed by atoms with Gasteiger partial charge in [0.15, 0.2) is 0 Å². The number of methoxy groups -OCH3 is 1. The van der Waals surface area contributed by atoms with E-state index >= 15 is 0 Å². The Balaban J connectivity index is 2.21. The van der Waals surface area contributed by atoms with E-state index < -0.39 is 0 Å². The predicted octanol–water partition coefficient (Wildman–Crippen LogP) is 2.29. The molecule has 0 saturated carbocycles. The number of nitrogens with one attached hydrogen (secondary N) is 1. The number of nitrogens with zero attached hydrogens (tertiary/aromatic N) is 2. The van der Waals surface area contributed by atoms with Gasteiger partial charge >= 0.3 is 0 Å². The summed E-state index contributed by atoms with van der Waals surface area (Å²) in [4.78, 5) is 4.09. The number of hydrogen-bond acceptors (Lipinski definition) is 4. The first-order chi connectivity index (χ1) is 9.65. The molecule has 1 heterocycles. The molecule has 0 radical (unpaired) electrons. The minimum Gasteiger partial charge on any atom is -0.497 e. The lowest BCUT2D eigenvalue weighted by atomic mass is 10.1. The van der Waals surface area contributed by atoms with E-state index in [2.05, 4.69) is 17.2 Å². The summed E-state index contributed by atoms with van der Waals surface area (Å²) >= 11 is 0. The molecule has 1 atom stereocenters. The van der Waals surface area contributed by atoms with Crippen LogP contribution in [0.1, 0.15) is 24.2 Å². The van der Waals surface area contributed by atoms with Gasteiger partial charge in [-0.1, -0.05) is 6.07 Å². The molecule has 0 aliphatic carbocycles. The summed E-state index contributed by atoms with van der Waals surface area (Å²) in [6.45, 7) is 2.58. The average Bonchev–Trinajstić information content (AvgIpc) is 2.89. The Morgan fingerprint density at radius 3 is 2.80 bits per heavy atom. The molecule has 0 bridgehead atoms. The summed E-state index contributed by atoms with van der Waals surface area (Å²) < 4.78 is 13.2. The molecule has 2 aromatic rings. The third-order valence-corrected chi connectivity index (χ3v) is 3.41. The van der Waals surface area contributed by atoms with Gasteiger partial charge in [-0.25, -0.2) is 4.98 Å². The van der Waals surface area contributed by atoms with E-state index in [1.54, 1.807) is 19.6 Å². The number of aryl methyl sites for hydroxylation is 1. The molecule has 5 heteroatoms. The van der Waals surface area contributed by atoms with Crippen molar-refractivity contribution < 1.29 is 9.47 Å². The van der Waals surface area contributed by atoms with Gasteiger partial charge in [0.05, 0.1) is 25.3 Å². The van der Waals surface area contributed by atoms with Crippen LogP contribution >= 0.6 is 0 Å². The summed E-state index contributed by atoms with van der Waals surface area (Å²) in [7, 11) is 5.54. The Bertz CT molecular complexity index is 566. The van der Waals surface area contributed by atoms with Crippen molar-refractivity contribution in [1.29, 1.82) is 0 Å². The Morgan fingerprint density at radius 1 is 1.40 bits per heavy atom. The third-order valence-electron chi connectivity index (χ3n) is 3.41. The van der Waals surface area contributed by atoms with Crippen LogP contribution in [0.2, 0.25) is 0 Å². The van der Waals surface area contributed by atoms with Gasteiger partial charge < -0.3 is 19.4 Å². The quantitative estimate of drug-likeness (QED) is 0.878. The average molecular weight is 275 g/mol. The smallest absolute Gasteiger partial charge is 0.130 e. The van der Waals surface area contributed by atoms with Gasteiger partial charge in [-0.15, -0.1) is 0 Å². The molecule has 1 N–H and O–H groups in total. The Hall–Kier alpha value is -2.01. The highest BCUT2D eigenvalue weighted by Gasteiger charge is 2.12. The number of benzene rings is 1. The highest BCUT2D eigenvalue weighted by Crippen LogP contribution is 2.30. The standard InChI is InChI=1S/C15H21N3O2/c1-11(16-2)14-6-5-13(19-4)7-15(14)20-9-12-8-17-10-18(12)3/h5-8,10-11,16H,9H2,1-4H3. The fourth-order valence-corrected chi connectivity index (χ4v) is 1.96. The Labute approximate surface area is 119 Å². The fraction of sp³-hybridized carbons (Fsp3) is 0.400. The van der Waals surface area contributed by atoms with E-state index in [-0.39, 0.29) is 6.04 Å². The summed E-state index contributed by atoms with van der Waals surface area (Å²) in [5, 5.41) is 3.23.